The smallest absolute Gasteiger partial charge is 0.407 e. The summed E-state index contributed by atoms with van der Waals surface area (Å²) < 4.78 is 9.58. The molecule has 1 aromatic carbocycles. The molecule has 12 nitrogen and oxygen atoms in total. The van der Waals surface area contributed by atoms with Crippen molar-refractivity contribution in [2.24, 2.45) is 7.05 Å². The number of alkyl carbamates (subject to hydrolysis) is 1. The van der Waals surface area contributed by atoms with Gasteiger partial charge >= 0.3 is 11.8 Å². The van der Waals surface area contributed by atoms with Crippen molar-refractivity contribution in [2.75, 3.05) is 18.0 Å². The Morgan fingerprint density at radius 3 is 2.67 bits per heavy atom. The second-order valence-electron chi connectivity index (χ2n) is 11.5. The van der Waals surface area contributed by atoms with Crippen LogP contribution in [0.5, 0.6) is 0 Å². The van der Waals surface area contributed by atoms with Crippen molar-refractivity contribution in [3.05, 3.63) is 62.7 Å². The average molecular weight is 583 g/mol. The van der Waals surface area contributed by atoms with Crippen LogP contribution in [0.15, 0.2) is 40.1 Å². The van der Waals surface area contributed by atoms with Gasteiger partial charge in [0.15, 0.2) is 0 Å². The maximum atomic E-state index is 14.1. The van der Waals surface area contributed by atoms with Gasteiger partial charge in [0.25, 0.3) is 5.56 Å². The Morgan fingerprint density at radius 2 is 1.95 bits per heavy atom. The van der Waals surface area contributed by atoms with Crippen molar-refractivity contribution in [1.29, 1.82) is 5.26 Å². The zero-order valence-corrected chi connectivity index (χ0v) is 25.0. The number of fused-ring (bicyclic) bond motifs is 2. The number of carbonyl (C=O) groups is 1. The molecule has 4 heterocycles. The molecule has 1 N–H and O–H groups in total. The SMILES string of the molecule is CC#CCn1c(N2CCC[C@@H](NC(=O)OC(C)(C)C)C2)c(C#N)c2c1c(=O)n(Cc1ncc3ccccc3n1)c(=O)n2C. The first-order valence-electron chi connectivity index (χ1n) is 14.1. The molecule has 12 heteroatoms. The number of para-hydroxylation sites is 1. The summed E-state index contributed by atoms with van der Waals surface area (Å²) in [5.74, 6) is 6.69. The van der Waals surface area contributed by atoms with E-state index in [2.05, 4.69) is 33.2 Å². The Labute approximate surface area is 248 Å². The number of rotatable bonds is 5. The molecule has 4 aromatic rings. The Kier molecular flexibility index (Phi) is 7.96. The van der Waals surface area contributed by atoms with Crippen LogP contribution in [0.1, 0.15) is 51.9 Å². The number of anilines is 1. The van der Waals surface area contributed by atoms with Gasteiger partial charge in [-0.15, -0.1) is 5.92 Å². The van der Waals surface area contributed by atoms with Gasteiger partial charge in [-0.05, 0) is 46.6 Å². The number of hydrogen-bond donors (Lipinski definition) is 1. The highest BCUT2D eigenvalue weighted by Crippen LogP contribution is 2.32. The molecule has 0 unspecified atom stereocenters. The Balaban J connectivity index is 1.62. The third-order valence-electron chi connectivity index (χ3n) is 7.32. The standard InChI is InChI=1S/C31H34N8O4/c1-6-7-15-38-26-25(22(16-32)27(38)37-14-10-12-21(18-37)34-29(41)43-31(2,3)4)36(5)30(42)39(28(26)40)19-24-33-17-20-11-8-9-13-23(20)35-24/h8-9,11,13,17,21H,10,12,14-15,18-19H2,1-5H3,(H,34,41)/t21-/m1/s1. The molecule has 1 amide bonds. The zero-order valence-electron chi connectivity index (χ0n) is 25.0. The Hall–Kier alpha value is -5.10. The lowest BCUT2D eigenvalue weighted by Gasteiger charge is -2.35. The molecule has 222 valence electrons. The number of ether oxygens (including phenoxy) is 1. The molecule has 0 saturated carbocycles. The molecular formula is C31H34N8O4. The van der Waals surface area contributed by atoms with Gasteiger partial charge in [-0.25, -0.2) is 19.6 Å². The number of nitrogens with zero attached hydrogens (tertiary/aromatic N) is 7. The van der Waals surface area contributed by atoms with Crippen LogP contribution in [-0.4, -0.2) is 54.5 Å². The highest BCUT2D eigenvalue weighted by molar-refractivity contribution is 5.90. The molecule has 0 aliphatic carbocycles. The Bertz CT molecular complexity index is 1950. The van der Waals surface area contributed by atoms with Gasteiger partial charge in [0.05, 0.1) is 24.1 Å². The van der Waals surface area contributed by atoms with E-state index in [-0.39, 0.29) is 35.7 Å². The minimum absolute atomic E-state index is 0.130. The number of hydrogen-bond acceptors (Lipinski definition) is 8. The number of benzene rings is 1. The predicted octanol–water partition coefficient (Wildman–Crippen LogP) is 2.88. The second-order valence-corrected chi connectivity index (χ2v) is 11.5. The molecule has 1 atom stereocenters. The van der Waals surface area contributed by atoms with Crippen LogP contribution in [0.25, 0.3) is 21.9 Å². The lowest BCUT2D eigenvalue weighted by molar-refractivity contribution is 0.0500. The number of aromatic nitrogens is 5. The summed E-state index contributed by atoms with van der Waals surface area (Å²) in [6.07, 6.45) is 2.60. The predicted molar refractivity (Wildman–Crippen MR) is 163 cm³/mol. The number of carbonyl (C=O) groups excluding carboxylic acids is 1. The van der Waals surface area contributed by atoms with Gasteiger partial charge in [0.2, 0.25) is 0 Å². The maximum absolute atomic E-state index is 14.1. The van der Waals surface area contributed by atoms with Crippen molar-refractivity contribution in [3.63, 3.8) is 0 Å². The van der Waals surface area contributed by atoms with Crippen LogP contribution in [-0.2, 0) is 24.9 Å². The van der Waals surface area contributed by atoms with E-state index in [1.165, 1.54) is 4.57 Å². The quantitative estimate of drug-likeness (QED) is 0.354. The van der Waals surface area contributed by atoms with Crippen LogP contribution in [0.4, 0.5) is 10.6 Å². The van der Waals surface area contributed by atoms with Crippen molar-refractivity contribution in [2.45, 2.75) is 65.3 Å². The third kappa shape index (κ3) is 5.82. The van der Waals surface area contributed by atoms with E-state index in [1.807, 2.05) is 29.2 Å². The topological polar surface area (TPSA) is 140 Å². The van der Waals surface area contributed by atoms with Gasteiger partial charge < -0.3 is 19.5 Å². The normalized spacial score (nSPS) is 15.2. The van der Waals surface area contributed by atoms with E-state index < -0.39 is 22.9 Å². The van der Waals surface area contributed by atoms with Gasteiger partial charge in [-0.1, -0.05) is 24.1 Å². The molecule has 0 spiro atoms. The lowest BCUT2D eigenvalue weighted by Crippen LogP contribution is -2.49. The summed E-state index contributed by atoms with van der Waals surface area (Å²) in [6, 6.07) is 9.47. The third-order valence-corrected chi connectivity index (χ3v) is 7.32. The van der Waals surface area contributed by atoms with Gasteiger partial charge in [0, 0.05) is 37.8 Å². The fourth-order valence-corrected chi connectivity index (χ4v) is 5.50. The van der Waals surface area contributed by atoms with Crippen molar-refractivity contribution in [1.82, 2.24) is 29.0 Å². The van der Waals surface area contributed by atoms with Crippen LogP contribution < -0.4 is 21.5 Å². The van der Waals surface area contributed by atoms with E-state index >= 15 is 0 Å². The molecule has 1 aliphatic heterocycles. The molecule has 0 bridgehead atoms. The minimum atomic E-state index is -0.639. The highest BCUT2D eigenvalue weighted by atomic mass is 16.6. The first-order chi connectivity index (χ1) is 20.5. The number of piperidine rings is 1. The average Bonchev–Trinajstić information content (AvgIpc) is 3.30. The molecule has 3 aromatic heterocycles. The summed E-state index contributed by atoms with van der Waals surface area (Å²) >= 11 is 0. The monoisotopic (exact) mass is 582 g/mol. The molecule has 5 rings (SSSR count). The van der Waals surface area contributed by atoms with E-state index in [1.54, 1.807) is 45.5 Å². The first kappa shape index (κ1) is 29.4. The number of aryl methyl sites for hydroxylation is 1. The minimum Gasteiger partial charge on any atom is -0.444 e. The second kappa shape index (κ2) is 11.6. The van der Waals surface area contributed by atoms with Crippen LogP contribution in [0.3, 0.4) is 0 Å². The molecule has 1 aliphatic rings. The van der Waals surface area contributed by atoms with Gasteiger partial charge in [-0.2, -0.15) is 5.26 Å². The van der Waals surface area contributed by atoms with Crippen LogP contribution in [0.2, 0.25) is 0 Å². The van der Waals surface area contributed by atoms with Crippen molar-refractivity contribution in [3.8, 4) is 17.9 Å². The lowest BCUT2D eigenvalue weighted by atomic mass is 10.1. The Morgan fingerprint density at radius 1 is 1.19 bits per heavy atom. The summed E-state index contributed by atoms with van der Waals surface area (Å²) in [7, 11) is 1.55. The van der Waals surface area contributed by atoms with Crippen LogP contribution in [0, 0.1) is 23.2 Å². The zero-order chi connectivity index (χ0) is 30.9. The highest BCUT2D eigenvalue weighted by Gasteiger charge is 2.31. The van der Waals surface area contributed by atoms with E-state index in [9.17, 15) is 19.6 Å². The molecule has 0 radical (unpaired) electrons. The van der Waals surface area contributed by atoms with Crippen molar-refractivity contribution < 1.29 is 9.53 Å². The first-order valence-corrected chi connectivity index (χ1v) is 14.1. The van der Waals surface area contributed by atoms with Gasteiger partial charge in [0.1, 0.15) is 34.4 Å². The van der Waals surface area contributed by atoms with E-state index in [0.717, 1.165) is 22.8 Å². The molecule has 43 heavy (non-hydrogen) atoms. The van der Waals surface area contributed by atoms with Crippen molar-refractivity contribution >= 4 is 33.8 Å². The number of amides is 1. The fourth-order valence-electron chi connectivity index (χ4n) is 5.50. The molecule has 1 saturated heterocycles. The summed E-state index contributed by atoms with van der Waals surface area (Å²) in [4.78, 5) is 51.1. The molecular weight excluding hydrogens is 548 g/mol. The summed E-state index contributed by atoms with van der Waals surface area (Å²) in [5, 5.41) is 14.2. The molecule has 1 fully saturated rings. The summed E-state index contributed by atoms with van der Waals surface area (Å²) in [6.45, 7) is 8.06. The van der Waals surface area contributed by atoms with Gasteiger partial charge in [-0.3, -0.25) is 13.9 Å². The van der Waals surface area contributed by atoms with E-state index in [4.69, 9.17) is 4.74 Å². The summed E-state index contributed by atoms with van der Waals surface area (Å²) in [5.41, 5.74) is -0.441. The van der Waals surface area contributed by atoms with E-state index in [0.29, 0.717) is 30.2 Å². The number of nitrogens with one attached hydrogen (secondary N) is 1. The fraction of sp³-hybridized carbons (Fsp3) is 0.419. The maximum Gasteiger partial charge on any atom is 0.407 e. The van der Waals surface area contributed by atoms with Crippen LogP contribution >= 0.6 is 0 Å². The largest absolute Gasteiger partial charge is 0.444 e. The number of nitriles is 1.